The van der Waals surface area contributed by atoms with Crippen molar-refractivity contribution in [1.29, 1.82) is 0 Å². The van der Waals surface area contributed by atoms with Gasteiger partial charge in [0.05, 0.1) is 19.2 Å². The maximum absolute atomic E-state index is 13.1. The summed E-state index contributed by atoms with van der Waals surface area (Å²) in [6, 6.07) is 9.69. The summed E-state index contributed by atoms with van der Waals surface area (Å²) in [5.74, 6) is 0.822. The minimum atomic E-state index is -0.0643. The number of aromatic nitrogens is 1. The molecule has 0 fully saturated rings. The molecule has 140 valence electrons. The first-order valence-corrected chi connectivity index (χ1v) is 9.20. The molecule has 6 heteroatoms. The zero-order valence-corrected chi connectivity index (χ0v) is 16.3. The molecule has 2 aromatic carbocycles. The van der Waals surface area contributed by atoms with E-state index >= 15 is 0 Å². The molecule has 27 heavy (non-hydrogen) atoms. The fraction of sp³-hybridized carbons (Fsp3) is 0.286. The van der Waals surface area contributed by atoms with Gasteiger partial charge in [0.25, 0.3) is 5.91 Å². The highest BCUT2D eigenvalue weighted by atomic mass is 35.5. The first-order valence-electron chi connectivity index (χ1n) is 8.82. The Kier molecular flexibility index (Phi) is 4.48. The lowest BCUT2D eigenvalue weighted by Gasteiger charge is -2.27. The number of amides is 1. The van der Waals surface area contributed by atoms with Crippen molar-refractivity contribution < 1.29 is 14.3 Å². The number of rotatable bonds is 3. The average Bonchev–Trinajstić information content (AvgIpc) is 3.03. The van der Waals surface area contributed by atoms with Gasteiger partial charge in [0.15, 0.2) is 11.5 Å². The topological polar surface area (TPSA) is 54.6 Å². The van der Waals surface area contributed by atoms with Crippen molar-refractivity contribution in [3.05, 3.63) is 57.7 Å². The van der Waals surface area contributed by atoms with Crippen LogP contribution in [0.1, 0.15) is 27.2 Å². The van der Waals surface area contributed by atoms with E-state index in [1.165, 1.54) is 36.4 Å². The van der Waals surface area contributed by atoms with E-state index in [0.29, 0.717) is 35.2 Å². The summed E-state index contributed by atoms with van der Waals surface area (Å²) >= 11 is 6.27. The number of nitrogens with zero attached hydrogens (tertiary/aromatic N) is 1. The Morgan fingerprint density at radius 3 is 2.74 bits per heavy atom. The second kappa shape index (κ2) is 6.82. The molecule has 1 amide bonds. The number of halogens is 1. The predicted octanol–water partition coefficient (Wildman–Crippen LogP) is 4.35. The molecule has 0 unspecified atom stereocenters. The molecule has 1 aromatic heterocycles. The van der Waals surface area contributed by atoms with Gasteiger partial charge in [-0.25, -0.2) is 0 Å². The molecule has 5 nitrogen and oxygen atoms in total. The molecular weight excluding hydrogens is 364 g/mol. The highest BCUT2D eigenvalue weighted by Crippen LogP contribution is 2.37. The second-order valence-corrected chi connectivity index (χ2v) is 7.21. The van der Waals surface area contributed by atoms with Crippen LogP contribution in [-0.2, 0) is 13.0 Å². The summed E-state index contributed by atoms with van der Waals surface area (Å²) in [5.41, 5.74) is 5.23. The molecule has 0 saturated carbocycles. The van der Waals surface area contributed by atoms with Crippen LogP contribution in [0.4, 0.5) is 0 Å². The summed E-state index contributed by atoms with van der Waals surface area (Å²) in [6.07, 6.45) is 0.801. The van der Waals surface area contributed by atoms with Gasteiger partial charge in [0.2, 0.25) is 0 Å². The van der Waals surface area contributed by atoms with E-state index in [-0.39, 0.29) is 5.91 Å². The monoisotopic (exact) mass is 384 g/mol. The summed E-state index contributed by atoms with van der Waals surface area (Å²) in [4.78, 5) is 18.5. The van der Waals surface area contributed by atoms with Crippen molar-refractivity contribution in [2.24, 2.45) is 0 Å². The van der Waals surface area contributed by atoms with Crippen LogP contribution in [0.3, 0.4) is 0 Å². The van der Waals surface area contributed by atoms with E-state index in [1.54, 1.807) is 12.1 Å². The molecule has 4 rings (SSSR count). The number of hydrogen-bond acceptors (Lipinski definition) is 3. The van der Waals surface area contributed by atoms with Crippen molar-refractivity contribution in [3.8, 4) is 11.5 Å². The van der Waals surface area contributed by atoms with Crippen LogP contribution < -0.4 is 9.47 Å². The lowest BCUT2D eigenvalue weighted by molar-refractivity contribution is 0.0734. The Morgan fingerprint density at radius 1 is 1.19 bits per heavy atom. The number of methoxy groups -OCH3 is 2. The van der Waals surface area contributed by atoms with Gasteiger partial charge in [-0.15, -0.1) is 0 Å². The van der Waals surface area contributed by atoms with Crippen LogP contribution in [0.2, 0.25) is 5.02 Å². The third kappa shape index (κ3) is 3.02. The summed E-state index contributed by atoms with van der Waals surface area (Å²) in [7, 11) is 3.06. The lowest BCUT2D eigenvalue weighted by atomic mass is 10.0. The normalized spacial score (nSPS) is 13.6. The summed E-state index contributed by atoms with van der Waals surface area (Å²) < 4.78 is 10.6. The van der Waals surface area contributed by atoms with Gasteiger partial charge in [0.1, 0.15) is 0 Å². The quantitative estimate of drug-likeness (QED) is 0.730. The van der Waals surface area contributed by atoms with Crippen LogP contribution in [0.15, 0.2) is 30.3 Å². The largest absolute Gasteiger partial charge is 0.493 e. The number of aryl methyl sites for hydroxylation is 1. The molecule has 1 N–H and O–H groups in total. The Bertz CT molecular complexity index is 1040. The van der Waals surface area contributed by atoms with Gasteiger partial charge in [0, 0.05) is 47.2 Å². The highest BCUT2D eigenvalue weighted by molar-refractivity contribution is 6.32. The molecule has 1 aliphatic rings. The maximum Gasteiger partial charge on any atom is 0.254 e. The minimum Gasteiger partial charge on any atom is -0.493 e. The number of fused-ring (bicyclic) bond motifs is 3. The van der Waals surface area contributed by atoms with E-state index in [9.17, 15) is 4.79 Å². The van der Waals surface area contributed by atoms with Crippen molar-refractivity contribution >= 4 is 28.4 Å². The average molecular weight is 385 g/mol. The molecule has 3 aromatic rings. The number of ether oxygens (including phenoxy) is 2. The Hall–Kier alpha value is -2.66. The fourth-order valence-electron chi connectivity index (χ4n) is 3.73. The standard InChI is InChI=1S/C21H21ClN2O3/c1-12-4-5-17-14(8-12)15-11-24(7-6-18(15)23-17)21(25)13-9-16(22)20(27-3)19(10-13)26-2/h4-5,8-10,23H,6-7,11H2,1-3H3. The Morgan fingerprint density at radius 2 is 2.00 bits per heavy atom. The lowest BCUT2D eigenvalue weighted by Crippen LogP contribution is -2.35. The molecule has 2 heterocycles. The number of benzene rings is 2. The number of hydrogen-bond donors (Lipinski definition) is 1. The van der Waals surface area contributed by atoms with Crippen molar-refractivity contribution in [1.82, 2.24) is 9.88 Å². The maximum atomic E-state index is 13.1. The van der Waals surface area contributed by atoms with Gasteiger partial charge in [-0.05, 0) is 31.2 Å². The van der Waals surface area contributed by atoms with Crippen LogP contribution in [-0.4, -0.2) is 36.6 Å². The molecule has 1 aliphatic heterocycles. The van der Waals surface area contributed by atoms with Crippen molar-refractivity contribution in [2.45, 2.75) is 19.9 Å². The second-order valence-electron chi connectivity index (χ2n) is 6.80. The van der Waals surface area contributed by atoms with Crippen LogP contribution in [0, 0.1) is 6.92 Å². The SMILES string of the molecule is COc1cc(C(=O)N2CCc3[nH]c4ccc(C)cc4c3C2)cc(Cl)c1OC. The van der Waals surface area contributed by atoms with E-state index < -0.39 is 0 Å². The smallest absolute Gasteiger partial charge is 0.254 e. The summed E-state index contributed by atoms with van der Waals surface area (Å²) in [6.45, 7) is 3.31. The zero-order chi connectivity index (χ0) is 19.1. The molecule has 0 spiro atoms. The Balaban J connectivity index is 1.68. The first kappa shape index (κ1) is 17.7. The van der Waals surface area contributed by atoms with E-state index in [1.807, 2.05) is 4.90 Å². The van der Waals surface area contributed by atoms with Crippen LogP contribution in [0.25, 0.3) is 10.9 Å². The van der Waals surface area contributed by atoms with Gasteiger partial charge in [-0.3, -0.25) is 4.79 Å². The third-order valence-corrected chi connectivity index (χ3v) is 5.38. The molecule has 0 atom stereocenters. The Labute approximate surface area is 162 Å². The number of carbonyl (C=O) groups excluding carboxylic acids is 1. The van der Waals surface area contributed by atoms with Crippen LogP contribution in [0.5, 0.6) is 11.5 Å². The van der Waals surface area contributed by atoms with Crippen LogP contribution >= 0.6 is 11.6 Å². The van der Waals surface area contributed by atoms with Gasteiger partial charge < -0.3 is 19.4 Å². The predicted molar refractivity (Wildman–Crippen MR) is 106 cm³/mol. The van der Waals surface area contributed by atoms with E-state index in [2.05, 4.69) is 30.1 Å². The molecular formula is C21H21ClN2O3. The number of aromatic amines is 1. The number of carbonyl (C=O) groups is 1. The minimum absolute atomic E-state index is 0.0643. The van der Waals surface area contributed by atoms with Gasteiger partial charge in [-0.2, -0.15) is 0 Å². The van der Waals surface area contributed by atoms with E-state index in [0.717, 1.165) is 11.9 Å². The van der Waals surface area contributed by atoms with Crippen molar-refractivity contribution in [2.75, 3.05) is 20.8 Å². The fourth-order valence-corrected chi connectivity index (χ4v) is 4.01. The first-order chi connectivity index (χ1) is 13.0. The number of nitrogens with one attached hydrogen (secondary N) is 1. The number of H-pyrrole nitrogens is 1. The van der Waals surface area contributed by atoms with E-state index in [4.69, 9.17) is 21.1 Å². The molecule has 0 radical (unpaired) electrons. The van der Waals surface area contributed by atoms with Crippen molar-refractivity contribution in [3.63, 3.8) is 0 Å². The van der Waals surface area contributed by atoms with Gasteiger partial charge in [-0.1, -0.05) is 23.2 Å². The molecule has 0 bridgehead atoms. The molecule has 0 aliphatic carbocycles. The highest BCUT2D eigenvalue weighted by Gasteiger charge is 2.26. The third-order valence-electron chi connectivity index (χ3n) is 5.10. The zero-order valence-electron chi connectivity index (χ0n) is 15.6. The molecule has 0 saturated heterocycles. The summed E-state index contributed by atoms with van der Waals surface area (Å²) in [5, 5.41) is 1.55. The van der Waals surface area contributed by atoms with Gasteiger partial charge >= 0.3 is 0 Å².